The van der Waals surface area contributed by atoms with Gasteiger partial charge < -0.3 is 5.32 Å². The first-order chi connectivity index (χ1) is 9.93. The van der Waals surface area contributed by atoms with E-state index in [2.05, 4.69) is 26.2 Å². The molecule has 0 saturated carbocycles. The molecule has 0 fully saturated rings. The van der Waals surface area contributed by atoms with Crippen molar-refractivity contribution < 1.29 is 4.92 Å². The Kier molecular flexibility index (Phi) is 4.37. The van der Waals surface area contributed by atoms with E-state index < -0.39 is 4.92 Å². The van der Waals surface area contributed by atoms with Crippen LogP contribution in [0.4, 0.5) is 11.4 Å². The maximum Gasteiger partial charge on any atom is 0.269 e. The molecule has 21 heavy (non-hydrogen) atoms. The van der Waals surface area contributed by atoms with E-state index in [0.717, 1.165) is 5.69 Å². The number of benzene rings is 1. The minimum Gasteiger partial charge on any atom is -0.388 e. The zero-order valence-electron chi connectivity index (χ0n) is 11.5. The highest BCUT2D eigenvalue weighted by molar-refractivity contribution is 9.10. The monoisotopic (exact) mass is 352 g/mol. The molecule has 1 aromatic heterocycles. The third kappa shape index (κ3) is 3.10. The van der Waals surface area contributed by atoms with E-state index in [4.69, 9.17) is 0 Å². The molecule has 0 unspecified atom stereocenters. The lowest BCUT2D eigenvalue weighted by molar-refractivity contribution is -0.384. The third-order valence-electron chi connectivity index (χ3n) is 3.10. The number of halogens is 1. The summed E-state index contributed by atoms with van der Waals surface area (Å²) in [6.07, 6.45) is 1.45. The molecule has 2 rings (SSSR count). The highest BCUT2D eigenvalue weighted by Crippen LogP contribution is 2.22. The Balaban J connectivity index is 2.53. The first-order valence-electron chi connectivity index (χ1n) is 6.11. The standard InChI is InChI=1S/C13H13BrN4O3/c1-8-16-6-11(14)13(19)17(8)7-9-5-10(18(20)21)3-4-12(9)15-2/h3-6,15H,7H2,1-2H3. The van der Waals surface area contributed by atoms with Crippen molar-refractivity contribution in [2.75, 3.05) is 12.4 Å². The van der Waals surface area contributed by atoms with Crippen molar-refractivity contribution in [3.05, 3.63) is 60.7 Å². The molecule has 2 aromatic rings. The van der Waals surface area contributed by atoms with Crippen LogP contribution >= 0.6 is 15.9 Å². The number of nitrogens with one attached hydrogen (secondary N) is 1. The number of nitro groups is 1. The molecule has 0 saturated heterocycles. The Morgan fingerprint density at radius 1 is 1.48 bits per heavy atom. The van der Waals surface area contributed by atoms with Gasteiger partial charge in [0.1, 0.15) is 10.3 Å². The van der Waals surface area contributed by atoms with Crippen LogP contribution in [-0.2, 0) is 6.54 Å². The van der Waals surface area contributed by atoms with Crippen molar-refractivity contribution in [3.63, 3.8) is 0 Å². The molecular weight excluding hydrogens is 340 g/mol. The third-order valence-corrected chi connectivity index (χ3v) is 3.65. The van der Waals surface area contributed by atoms with E-state index in [9.17, 15) is 14.9 Å². The van der Waals surface area contributed by atoms with Crippen molar-refractivity contribution in [2.24, 2.45) is 0 Å². The average Bonchev–Trinajstić information content (AvgIpc) is 2.47. The van der Waals surface area contributed by atoms with Gasteiger partial charge in [-0.2, -0.15) is 0 Å². The normalized spacial score (nSPS) is 10.4. The summed E-state index contributed by atoms with van der Waals surface area (Å²) >= 11 is 3.15. The molecule has 0 amide bonds. The van der Waals surface area contributed by atoms with Gasteiger partial charge in [-0.15, -0.1) is 0 Å². The minimum atomic E-state index is -0.461. The molecule has 0 bridgehead atoms. The maximum absolute atomic E-state index is 12.1. The van der Waals surface area contributed by atoms with E-state index in [1.807, 2.05) is 0 Å². The number of non-ortho nitro benzene ring substituents is 1. The van der Waals surface area contributed by atoms with Crippen LogP contribution in [0.25, 0.3) is 0 Å². The van der Waals surface area contributed by atoms with Crippen LogP contribution in [0, 0.1) is 17.0 Å². The van der Waals surface area contributed by atoms with Gasteiger partial charge in [-0.3, -0.25) is 19.5 Å². The summed E-state index contributed by atoms with van der Waals surface area (Å²) in [6.45, 7) is 1.92. The van der Waals surface area contributed by atoms with Gasteiger partial charge >= 0.3 is 0 Å². The summed E-state index contributed by atoms with van der Waals surface area (Å²) in [7, 11) is 1.72. The second kappa shape index (κ2) is 6.04. The lowest BCUT2D eigenvalue weighted by atomic mass is 10.1. The van der Waals surface area contributed by atoms with Gasteiger partial charge in [0.15, 0.2) is 0 Å². The summed E-state index contributed by atoms with van der Waals surface area (Å²) in [5.74, 6) is 0.539. The first kappa shape index (κ1) is 15.2. The van der Waals surface area contributed by atoms with Crippen LogP contribution in [0.3, 0.4) is 0 Å². The number of anilines is 1. The molecule has 110 valence electrons. The Morgan fingerprint density at radius 2 is 2.19 bits per heavy atom. The summed E-state index contributed by atoms with van der Waals surface area (Å²) < 4.78 is 1.81. The molecule has 1 heterocycles. The van der Waals surface area contributed by atoms with E-state index in [0.29, 0.717) is 15.9 Å². The van der Waals surface area contributed by atoms with Crippen LogP contribution in [0.5, 0.6) is 0 Å². The van der Waals surface area contributed by atoms with Crippen LogP contribution in [0.15, 0.2) is 33.7 Å². The average molecular weight is 353 g/mol. The summed E-state index contributed by atoms with van der Waals surface area (Å²) in [6, 6.07) is 4.50. The fourth-order valence-corrected chi connectivity index (χ4v) is 2.29. The summed E-state index contributed by atoms with van der Waals surface area (Å²) in [5.41, 5.74) is 1.14. The van der Waals surface area contributed by atoms with Crippen LogP contribution < -0.4 is 10.9 Å². The number of aromatic nitrogens is 2. The fraction of sp³-hybridized carbons (Fsp3) is 0.231. The Morgan fingerprint density at radius 3 is 2.81 bits per heavy atom. The molecular formula is C13H13BrN4O3. The van der Waals surface area contributed by atoms with Gasteiger partial charge in [0, 0.05) is 36.6 Å². The zero-order valence-corrected chi connectivity index (χ0v) is 13.0. The number of hydrogen-bond acceptors (Lipinski definition) is 5. The Bertz CT molecular complexity index is 758. The maximum atomic E-state index is 12.1. The quantitative estimate of drug-likeness (QED) is 0.673. The number of nitrogens with zero attached hydrogens (tertiary/aromatic N) is 3. The molecule has 0 radical (unpaired) electrons. The molecule has 0 aliphatic heterocycles. The summed E-state index contributed by atoms with van der Waals surface area (Å²) in [4.78, 5) is 26.7. The van der Waals surface area contributed by atoms with Crippen molar-refractivity contribution in [3.8, 4) is 0 Å². The SMILES string of the molecule is CNc1ccc([N+](=O)[O-])cc1Cn1c(C)ncc(Br)c1=O. The highest BCUT2D eigenvalue weighted by atomic mass is 79.9. The summed E-state index contributed by atoms with van der Waals surface area (Å²) in [5, 5.41) is 13.9. The van der Waals surface area contributed by atoms with Gasteiger partial charge in [-0.05, 0) is 28.9 Å². The van der Waals surface area contributed by atoms with Crippen LogP contribution in [0.1, 0.15) is 11.4 Å². The first-order valence-corrected chi connectivity index (χ1v) is 6.90. The lowest BCUT2D eigenvalue weighted by Crippen LogP contribution is -2.24. The van der Waals surface area contributed by atoms with Gasteiger partial charge in [-0.1, -0.05) is 0 Å². The van der Waals surface area contributed by atoms with Gasteiger partial charge in [0.2, 0.25) is 0 Å². The van der Waals surface area contributed by atoms with Crippen molar-refractivity contribution in [1.29, 1.82) is 0 Å². The van der Waals surface area contributed by atoms with Crippen molar-refractivity contribution >= 4 is 27.3 Å². The second-order valence-corrected chi connectivity index (χ2v) is 5.25. The largest absolute Gasteiger partial charge is 0.388 e. The highest BCUT2D eigenvalue weighted by Gasteiger charge is 2.13. The number of rotatable bonds is 4. The van der Waals surface area contributed by atoms with Crippen LogP contribution in [0.2, 0.25) is 0 Å². The molecule has 0 atom stereocenters. The van der Waals surface area contributed by atoms with Gasteiger partial charge in [0.25, 0.3) is 11.2 Å². The molecule has 8 heteroatoms. The minimum absolute atomic E-state index is 0.0161. The lowest BCUT2D eigenvalue weighted by Gasteiger charge is -2.13. The number of aryl methyl sites for hydroxylation is 1. The molecule has 0 spiro atoms. The number of nitro benzene ring substituents is 1. The topological polar surface area (TPSA) is 90.1 Å². The second-order valence-electron chi connectivity index (χ2n) is 4.39. The molecule has 7 nitrogen and oxygen atoms in total. The predicted molar refractivity (Wildman–Crippen MR) is 82.7 cm³/mol. The van der Waals surface area contributed by atoms with Gasteiger partial charge in [0.05, 0.1) is 11.5 Å². The zero-order chi connectivity index (χ0) is 15.6. The predicted octanol–water partition coefficient (Wildman–Crippen LogP) is 2.31. The number of hydrogen-bond donors (Lipinski definition) is 1. The Hall–Kier alpha value is -2.22. The van der Waals surface area contributed by atoms with Gasteiger partial charge in [-0.25, -0.2) is 4.98 Å². The van der Waals surface area contributed by atoms with Crippen molar-refractivity contribution in [1.82, 2.24) is 9.55 Å². The van der Waals surface area contributed by atoms with E-state index in [1.54, 1.807) is 20.0 Å². The van der Waals surface area contributed by atoms with Crippen molar-refractivity contribution in [2.45, 2.75) is 13.5 Å². The molecule has 1 aromatic carbocycles. The van der Waals surface area contributed by atoms with Crippen LogP contribution in [-0.4, -0.2) is 21.5 Å². The smallest absolute Gasteiger partial charge is 0.269 e. The van der Waals surface area contributed by atoms with E-state index in [-0.39, 0.29) is 17.8 Å². The van der Waals surface area contributed by atoms with E-state index >= 15 is 0 Å². The fourth-order valence-electron chi connectivity index (χ4n) is 1.98. The Labute approximate surface area is 128 Å². The molecule has 1 N–H and O–H groups in total. The molecule has 0 aliphatic carbocycles. The van der Waals surface area contributed by atoms with E-state index in [1.165, 1.54) is 22.9 Å². The molecule has 0 aliphatic rings.